The van der Waals surface area contributed by atoms with Gasteiger partial charge >= 0.3 is 0 Å². The van der Waals surface area contributed by atoms with Crippen LogP contribution in [-0.2, 0) is 19.6 Å². The van der Waals surface area contributed by atoms with Gasteiger partial charge in [-0.25, -0.2) is 4.98 Å². The van der Waals surface area contributed by atoms with E-state index >= 15 is 0 Å². The summed E-state index contributed by atoms with van der Waals surface area (Å²) >= 11 is 0. The highest BCUT2D eigenvalue weighted by molar-refractivity contribution is 5.85. The fourth-order valence-corrected chi connectivity index (χ4v) is 3.00. The maximum Gasteiger partial charge on any atom is 0.152 e. The third kappa shape index (κ3) is 4.67. The minimum Gasteiger partial charge on any atom is -0.460 e. The lowest BCUT2D eigenvalue weighted by atomic mass is 10.1. The maximum absolute atomic E-state index is 5.69. The van der Waals surface area contributed by atoms with Crippen LogP contribution in [-0.4, -0.2) is 19.7 Å². The number of halogens is 1. The molecule has 6 nitrogen and oxygen atoms in total. The van der Waals surface area contributed by atoms with Crippen LogP contribution in [0.25, 0.3) is 11.5 Å². The van der Waals surface area contributed by atoms with Crippen LogP contribution in [0.1, 0.15) is 22.5 Å². The molecule has 3 heterocycles. The summed E-state index contributed by atoms with van der Waals surface area (Å²) in [6.45, 7) is 4.28. The Hall–Kier alpha value is -2.83. The van der Waals surface area contributed by atoms with Crippen molar-refractivity contribution in [1.29, 1.82) is 0 Å². The Balaban J connectivity index is 0.00000210. The molecule has 0 radical (unpaired) electrons. The molecule has 0 fully saturated rings. The van der Waals surface area contributed by atoms with Crippen molar-refractivity contribution in [2.75, 3.05) is 0 Å². The highest BCUT2D eigenvalue weighted by Gasteiger charge is 2.10. The second-order valence-corrected chi connectivity index (χ2v) is 6.34. The fraction of sp³-hybridized carbons (Fsp3) is 0.200. The minimum absolute atomic E-state index is 0. The maximum atomic E-state index is 5.69. The Morgan fingerprint density at radius 2 is 2.04 bits per heavy atom. The van der Waals surface area contributed by atoms with E-state index in [2.05, 4.69) is 49.3 Å². The molecule has 27 heavy (non-hydrogen) atoms. The van der Waals surface area contributed by atoms with Crippen molar-refractivity contribution in [2.45, 2.75) is 26.6 Å². The first kappa shape index (κ1) is 18.9. The summed E-state index contributed by atoms with van der Waals surface area (Å²) in [4.78, 5) is 4.09. The molecule has 4 rings (SSSR count). The zero-order chi connectivity index (χ0) is 17.8. The summed E-state index contributed by atoms with van der Waals surface area (Å²) in [7, 11) is 0. The predicted octanol–water partition coefficient (Wildman–Crippen LogP) is 3.93. The molecule has 0 saturated carbocycles. The average molecular weight is 384 g/mol. The van der Waals surface area contributed by atoms with Gasteiger partial charge in [0.05, 0.1) is 12.5 Å². The number of imidazole rings is 1. The van der Waals surface area contributed by atoms with Gasteiger partial charge < -0.3 is 14.3 Å². The van der Waals surface area contributed by atoms with E-state index in [-0.39, 0.29) is 12.4 Å². The van der Waals surface area contributed by atoms with Crippen molar-refractivity contribution in [3.63, 3.8) is 0 Å². The van der Waals surface area contributed by atoms with E-state index in [1.54, 1.807) is 6.20 Å². The van der Waals surface area contributed by atoms with Gasteiger partial charge in [-0.1, -0.05) is 24.3 Å². The Bertz CT molecular complexity index is 974. The summed E-state index contributed by atoms with van der Waals surface area (Å²) in [6, 6.07) is 12.5. The molecule has 0 amide bonds. The molecule has 3 aromatic heterocycles. The third-order valence-electron chi connectivity index (χ3n) is 4.26. The third-order valence-corrected chi connectivity index (χ3v) is 4.26. The van der Waals surface area contributed by atoms with Crippen LogP contribution in [0.3, 0.4) is 0 Å². The number of hydrogen-bond donors (Lipinski definition) is 2. The van der Waals surface area contributed by atoms with Crippen molar-refractivity contribution in [2.24, 2.45) is 0 Å². The summed E-state index contributed by atoms with van der Waals surface area (Å²) in [5.41, 5.74) is 4.53. The highest BCUT2D eigenvalue weighted by Crippen LogP contribution is 2.23. The van der Waals surface area contributed by atoms with E-state index < -0.39 is 0 Å². The SMILES string of the molecule is Cc1ccc(-c2[nH]ncc2CNCc2cccc(Cn3ccnc3)c2)o1.Cl. The number of H-pyrrole nitrogens is 1. The molecule has 7 heteroatoms. The first-order valence-electron chi connectivity index (χ1n) is 8.61. The van der Waals surface area contributed by atoms with Crippen LogP contribution < -0.4 is 5.32 Å². The average Bonchev–Trinajstić information content (AvgIpc) is 3.37. The number of nitrogens with one attached hydrogen (secondary N) is 2. The Kier molecular flexibility index (Phi) is 6.11. The number of aromatic amines is 1. The van der Waals surface area contributed by atoms with Gasteiger partial charge in [-0.15, -0.1) is 12.4 Å². The van der Waals surface area contributed by atoms with Crippen LogP contribution in [0.2, 0.25) is 0 Å². The molecule has 0 bridgehead atoms. The standard InChI is InChI=1S/C20H21N5O.ClH/c1-15-5-6-19(26-15)20-18(12-23-24-20)11-22-10-16-3-2-4-17(9-16)13-25-8-7-21-14-25;/h2-9,12,14,22H,10-11,13H2,1H3,(H,23,24);1H. The first-order chi connectivity index (χ1) is 12.8. The van der Waals surface area contributed by atoms with Gasteiger partial charge in [0.25, 0.3) is 0 Å². The van der Waals surface area contributed by atoms with E-state index in [1.165, 1.54) is 11.1 Å². The molecule has 140 valence electrons. The van der Waals surface area contributed by atoms with E-state index in [0.717, 1.165) is 42.4 Å². The Labute approximate surface area is 164 Å². The summed E-state index contributed by atoms with van der Waals surface area (Å²) in [5.74, 6) is 1.71. The number of rotatable bonds is 7. The van der Waals surface area contributed by atoms with E-state index in [0.29, 0.717) is 0 Å². The molecule has 0 unspecified atom stereocenters. The van der Waals surface area contributed by atoms with E-state index in [1.807, 2.05) is 37.8 Å². The van der Waals surface area contributed by atoms with Crippen LogP contribution in [0.5, 0.6) is 0 Å². The van der Waals surface area contributed by atoms with Gasteiger partial charge in [0, 0.05) is 37.6 Å². The number of benzene rings is 1. The van der Waals surface area contributed by atoms with Crippen LogP contribution in [0, 0.1) is 6.92 Å². The normalized spacial score (nSPS) is 10.7. The van der Waals surface area contributed by atoms with Crippen LogP contribution in [0.15, 0.2) is 65.7 Å². The summed E-state index contributed by atoms with van der Waals surface area (Å²) in [6.07, 6.45) is 7.45. The highest BCUT2D eigenvalue weighted by atomic mass is 35.5. The van der Waals surface area contributed by atoms with Gasteiger partial charge in [0.2, 0.25) is 0 Å². The molecule has 0 aliphatic rings. The topological polar surface area (TPSA) is 71.7 Å². The van der Waals surface area contributed by atoms with E-state index in [9.17, 15) is 0 Å². The first-order valence-corrected chi connectivity index (χ1v) is 8.61. The van der Waals surface area contributed by atoms with Crippen LogP contribution >= 0.6 is 12.4 Å². The quantitative estimate of drug-likeness (QED) is 0.507. The van der Waals surface area contributed by atoms with Crippen LogP contribution in [0.4, 0.5) is 0 Å². The molecule has 0 atom stereocenters. The summed E-state index contributed by atoms with van der Waals surface area (Å²) in [5, 5.41) is 10.7. The van der Waals surface area contributed by atoms with Gasteiger partial charge in [-0.05, 0) is 30.2 Å². The second kappa shape index (κ2) is 8.70. The monoisotopic (exact) mass is 383 g/mol. The van der Waals surface area contributed by atoms with Gasteiger partial charge in [-0.2, -0.15) is 5.10 Å². The van der Waals surface area contributed by atoms with Crippen molar-refractivity contribution in [3.8, 4) is 11.5 Å². The molecule has 0 aliphatic heterocycles. The predicted molar refractivity (Wildman–Crippen MR) is 107 cm³/mol. The zero-order valence-electron chi connectivity index (χ0n) is 15.1. The molecular weight excluding hydrogens is 362 g/mol. The Morgan fingerprint density at radius 1 is 1.15 bits per heavy atom. The molecular formula is C20H22ClN5O. The largest absolute Gasteiger partial charge is 0.460 e. The molecule has 1 aromatic carbocycles. The van der Waals surface area contributed by atoms with Crippen molar-refractivity contribution in [3.05, 3.63) is 83.8 Å². The van der Waals surface area contributed by atoms with Crippen molar-refractivity contribution < 1.29 is 4.42 Å². The lowest BCUT2D eigenvalue weighted by molar-refractivity contribution is 0.545. The van der Waals surface area contributed by atoms with Gasteiger partial charge in [-0.3, -0.25) is 5.10 Å². The van der Waals surface area contributed by atoms with Gasteiger partial charge in [0.15, 0.2) is 5.76 Å². The fourth-order valence-electron chi connectivity index (χ4n) is 3.00. The number of aryl methyl sites for hydroxylation is 1. The molecule has 0 aliphatic carbocycles. The molecule has 4 aromatic rings. The van der Waals surface area contributed by atoms with Gasteiger partial charge in [0.1, 0.15) is 11.5 Å². The van der Waals surface area contributed by atoms with Crippen molar-refractivity contribution in [1.82, 2.24) is 25.1 Å². The van der Waals surface area contributed by atoms with E-state index in [4.69, 9.17) is 4.42 Å². The molecule has 0 saturated heterocycles. The van der Waals surface area contributed by atoms with Crippen molar-refractivity contribution >= 4 is 12.4 Å². The zero-order valence-corrected chi connectivity index (χ0v) is 15.9. The number of nitrogens with zero attached hydrogens (tertiary/aromatic N) is 3. The number of furan rings is 1. The second-order valence-electron chi connectivity index (χ2n) is 6.34. The summed E-state index contributed by atoms with van der Waals surface area (Å²) < 4.78 is 7.76. The number of aromatic nitrogens is 4. The number of hydrogen-bond acceptors (Lipinski definition) is 4. The molecule has 2 N–H and O–H groups in total. The lowest BCUT2D eigenvalue weighted by Crippen LogP contribution is -2.13. The smallest absolute Gasteiger partial charge is 0.152 e. The lowest BCUT2D eigenvalue weighted by Gasteiger charge is -2.08. The minimum atomic E-state index is 0. The Morgan fingerprint density at radius 3 is 2.81 bits per heavy atom. The molecule has 0 spiro atoms.